The molecule has 0 aliphatic rings. The molecule has 0 aliphatic heterocycles. The molecule has 0 heterocycles. The number of anilines is 2. The van der Waals surface area contributed by atoms with Gasteiger partial charge < -0.3 is 10.2 Å². The highest BCUT2D eigenvalue weighted by atomic mass is 19.4. The summed E-state index contributed by atoms with van der Waals surface area (Å²) in [6.07, 6.45) is -4.86. The topological polar surface area (TPSA) is 32.3 Å². The predicted molar refractivity (Wildman–Crippen MR) is 80.1 cm³/mol. The number of amides is 1. The zero-order chi connectivity index (χ0) is 17.2. The molecule has 0 saturated carbocycles. The van der Waals surface area contributed by atoms with Crippen LogP contribution in [0.15, 0.2) is 42.5 Å². The van der Waals surface area contributed by atoms with Gasteiger partial charge in [0.25, 0.3) is 5.91 Å². The summed E-state index contributed by atoms with van der Waals surface area (Å²) in [4.78, 5) is 13.9. The summed E-state index contributed by atoms with van der Waals surface area (Å²) in [6.45, 7) is 0. The second-order valence-electron chi connectivity index (χ2n) is 5.06. The summed E-state index contributed by atoms with van der Waals surface area (Å²) in [5.41, 5.74) is -0.599. The number of benzene rings is 2. The summed E-state index contributed by atoms with van der Waals surface area (Å²) in [7, 11) is 3.54. The summed E-state index contributed by atoms with van der Waals surface area (Å²) < 4.78 is 51.4. The Balaban J connectivity index is 2.32. The Kier molecular flexibility index (Phi) is 4.58. The maximum atomic E-state index is 13.3. The summed E-state index contributed by atoms with van der Waals surface area (Å²) in [5, 5.41) is 2.54. The third-order valence-electron chi connectivity index (χ3n) is 3.17. The van der Waals surface area contributed by atoms with Crippen LogP contribution >= 0.6 is 0 Å². The van der Waals surface area contributed by atoms with Crippen LogP contribution in [0, 0.1) is 5.82 Å². The minimum Gasteiger partial charge on any atom is -0.376 e. The number of nitrogens with one attached hydrogen (secondary N) is 1. The van der Waals surface area contributed by atoms with E-state index in [-0.39, 0.29) is 5.56 Å². The van der Waals surface area contributed by atoms with Gasteiger partial charge in [-0.05, 0) is 30.3 Å². The van der Waals surface area contributed by atoms with E-state index in [1.807, 2.05) is 0 Å². The van der Waals surface area contributed by atoms with Crippen LogP contribution in [0.3, 0.4) is 0 Å². The maximum Gasteiger partial charge on any atom is 0.419 e. The van der Waals surface area contributed by atoms with Crippen molar-refractivity contribution in [3.63, 3.8) is 0 Å². The second kappa shape index (κ2) is 6.28. The van der Waals surface area contributed by atoms with Crippen LogP contribution in [0.2, 0.25) is 0 Å². The van der Waals surface area contributed by atoms with Gasteiger partial charge >= 0.3 is 6.18 Å². The molecular weight excluding hydrogens is 312 g/mol. The molecule has 0 spiro atoms. The van der Waals surface area contributed by atoms with Gasteiger partial charge in [0, 0.05) is 19.7 Å². The Hall–Kier alpha value is -2.57. The Morgan fingerprint density at radius 3 is 2.35 bits per heavy atom. The van der Waals surface area contributed by atoms with Crippen molar-refractivity contribution in [2.45, 2.75) is 6.18 Å². The monoisotopic (exact) mass is 326 g/mol. The molecule has 23 heavy (non-hydrogen) atoms. The fourth-order valence-corrected chi connectivity index (χ4v) is 2.05. The van der Waals surface area contributed by atoms with Crippen molar-refractivity contribution in [2.75, 3.05) is 24.3 Å². The number of carbonyl (C=O) groups is 1. The van der Waals surface area contributed by atoms with E-state index in [2.05, 4.69) is 5.32 Å². The van der Waals surface area contributed by atoms with Gasteiger partial charge in [-0.1, -0.05) is 12.1 Å². The Labute approximate surface area is 130 Å². The first kappa shape index (κ1) is 16.8. The number of nitrogens with zero attached hydrogens (tertiary/aromatic N) is 1. The van der Waals surface area contributed by atoms with Crippen molar-refractivity contribution < 1.29 is 22.4 Å². The third-order valence-corrected chi connectivity index (χ3v) is 3.17. The van der Waals surface area contributed by atoms with Crippen molar-refractivity contribution in [2.24, 2.45) is 0 Å². The van der Waals surface area contributed by atoms with Crippen LogP contribution in [0.4, 0.5) is 28.9 Å². The third kappa shape index (κ3) is 3.80. The maximum absolute atomic E-state index is 13.3. The van der Waals surface area contributed by atoms with Crippen LogP contribution in [0.5, 0.6) is 0 Å². The lowest BCUT2D eigenvalue weighted by Gasteiger charge is -2.18. The van der Waals surface area contributed by atoms with Crippen LogP contribution in [0.1, 0.15) is 15.9 Å². The average Bonchev–Trinajstić information content (AvgIpc) is 2.46. The van der Waals surface area contributed by atoms with Crippen LogP contribution in [-0.4, -0.2) is 20.0 Å². The second-order valence-corrected chi connectivity index (χ2v) is 5.06. The number of alkyl halides is 3. The predicted octanol–water partition coefficient (Wildman–Crippen LogP) is 4.16. The van der Waals surface area contributed by atoms with Crippen LogP contribution < -0.4 is 10.2 Å². The largest absolute Gasteiger partial charge is 0.419 e. The Morgan fingerprint density at radius 2 is 1.74 bits per heavy atom. The lowest BCUT2D eigenvalue weighted by Crippen LogP contribution is -2.18. The normalized spacial score (nSPS) is 11.2. The van der Waals surface area contributed by atoms with Gasteiger partial charge in [0.2, 0.25) is 0 Å². The number of carbonyl (C=O) groups excluding carboxylic acids is 1. The van der Waals surface area contributed by atoms with E-state index in [1.165, 1.54) is 0 Å². The number of rotatable bonds is 3. The number of hydrogen-bond acceptors (Lipinski definition) is 2. The van der Waals surface area contributed by atoms with Crippen LogP contribution in [0.25, 0.3) is 0 Å². The van der Waals surface area contributed by atoms with E-state index in [0.29, 0.717) is 23.5 Å². The molecule has 0 saturated heterocycles. The van der Waals surface area contributed by atoms with E-state index < -0.39 is 23.5 Å². The molecule has 2 aromatic carbocycles. The quantitative estimate of drug-likeness (QED) is 0.859. The van der Waals surface area contributed by atoms with Crippen molar-refractivity contribution in [3.8, 4) is 0 Å². The number of hydrogen-bond donors (Lipinski definition) is 1. The summed E-state index contributed by atoms with van der Waals surface area (Å²) in [6, 6.07) is 8.98. The van der Waals surface area contributed by atoms with Gasteiger partial charge in [0.05, 0.1) is 16.9 Å². The molecule has 0 bridgehead atoms. The molecule has 1 N–H and O–H groups in total. The standard InChI is InChI=1S/C16H14F4N2O/c1-22(2)14-6-4-3-5-13(14)21-15(23)10-7-8-12(17)11(9-10)16(18,19)20/h3-9H,1-2H3,(H,21,23). The molecule has 1 amide bonds. The lowest BCUT2D eigenvalue weighted by molar-refractivity contribution is -0.140. The fraction of sp³-hybridized carbons (Fsp3) is 0.188. The number of halogens is 4. The zero-order valence-electron chi connectivity index (χ0n) is 12.4. The lowest BCUT2D eigenvalue weighted by atomic mass is 10.1. The first-order valence-electron chi connectivity index (χ1n) is 6.64. The highest BCUT2D eigenvalue weighted by molar-refractivity contribution is 6.06. The molecule has 2 aromatic rings. The molecule has 0 atom stereocenters. The van der Waals surface area contributed by atoms with Crippen molar-refractivity contribution in [3.05, 3.63) is 59.4 Å². The van der Waals surface area contributed by atoms with Gasteiger partial charge in [0.1, 0.15) is 5.82 Å². The molecule has 0 unspecified atom stereocenters. The summed E-state index contributed by atoms with van der Waals surface area (Å²) in [5.74, 6) is -2.16. The molecule has 2 rings (SSSR count). The number of para-hydroxylation sites is 2. The van der Waals surface area contributed by atoms with Gasteiger partial charge in [-0.2, -0.15) is 13.2 Å². The highest BCUT2D eigenvalue weighted by Crippen LogP contribution is 2.32. The van der Waals surface area contributed by atoms with Crippen molar-refractivity contribution in [1.29, 1.82) is 0 Å². The van der Waals surface area contributed by atoms with Gasteiger partial charge in [-0.15, -0.1) is 0 Å². The van der Waals surface area contributed by atoms with E-state index in [1.54, 1.807) is 43.3 Å². The molecule has 0 radical (unpaired) electrons. The van der Waals surface area contributed by atoms with Gasteiger partial charge in [-0.3, -0.25) is 4.79 Å². The molecule has 0 aromatic heterocycles. The van der Waals surface area contributed by atoms with E-state index in [0.717, 1.165) is 6.07 Å². The Bertz CT molecular complexity index is 726. The molecular formula is C16H14F4N2O. The zero-order valence-corrected chi connectivity index (χ0v) is 12.4. The molecule has 0 aliphatic carbocycles. The van der Waals surface area contributed by atoms with E-state index in [9.17, 15) is 22.4 Å². The first-order valence-corrected chi connectivity index (χ1v) is 6.64. The Morgan fingerprint density at radius 1 is 1.09 bits per heavy atom. The minimum atomic E-state index is -4.86. The minimum absolute atomic E-state index is 0.271. The van der Waals surface area contributed by atoms with Crippen molar-refractivity contribution in [1.82, 2.24) is 0 Å². The van der Waals surface area contributed by atoms with Gasteiger partial charge in [-0.25, -0.2) is 4.39 Å². The van der Waals surface area contributed by atoms with Gasteiger partial charge in [0.15, 0.2) is 0 Å². The molecule has 0 fully saturated rings. The molecule has 122 valence electrons. The van der Waals surface area contributed by atoms with Crippen LogP contribution in [-0.2, 0) is 6.18 Å². The average molecular weight is 326 g/mol. The fourth-order valence-electron chi connectivity index (χ4n) is 2.05. The highest BCUT2D eigenvalue weighted by Gasteiger charge is 2.34. The summed E-state index contributed by atoms with van der Waals surface area (Å²) >= 11 is 0. The molecule has 7 heteroatoms. The SMILES string of the molecule is CN(C)c1ccccc1NC(=O)c1ccc(F)c(C(F)(F)F)c1. The molecule has 3 nitrogen and oxygen atoms in total. The van der Waals surface area contributed by atoms with Crippen molar-refractivity contribution >= 4 is 17.3 Å². The van der Waals surface area contributed by atoms with E-state index in [4.69, 9.17) is 0 Å². The smallest absolute Gasteiger partial charge is 0.376 e. The van der Waals surface area contributed by atoms with E-state index >= 15 is 0 Å². The first-order chi connectivity index (χ1) is 10.7.